The van der Waals surface area contributed by atoms with Gasteiger partial charge in [-0.25, -0.2) is 9.29 Å². The summed E-state index contributed by atoms with van der Waals surface area (Å²) in [5.41, 5.74) is -0.414. The SMILES string of the molecule is CN(C)S(=O)(=O)N1CCOc2ncc(C(=O)NC(C)(C)CO)cc21. The number of hydrogen-bond donors (Lipinski definition) is 2. The predicted molar refractivity (Wildman–Crippen MR) is 88.3 cm³/mol. The van der Waals surface area contributed by atoms with E-state index in [2.05, 4.69) is 10.3 Å². The lowest BCUT2D eigenvalue weighted by Gasteiger charge is -2.31. The van der Waals surface area contributed by atoms with Crippen LogP contribution >= 0.6 is 0 Å². The van der Waals surface area contributed by atoms with Gasteiger partial charge in [-0.2, -0.15) is 12.7 Å². The van der Waals surface area contributed by atoms with Crippen LogP contribution in [0.2, 0.25) is 0 Å². The highest BCUT2D eigenvalue weighted by Crippen LogP contribution is 2.32. The monoisotopic (exact) mass is 358 g/mol. The zero-order valence-electron chi connectivity index (χ0n) is 14.1. The van der Waals surface area contributed by atoms with Gasteiger partial charge in [-0.15, -0.1) is 0 Å². The van der Waals surface area contributed by atoms with Gasteiger partial charge in [-0.3, -0.25) is 4.79 Å². The van der Waals surface area contributed by atoms with E-state index in [9.17, 15) is 18.3 Å². The standard InChI is InChI=1S/C14H22N4O5S/c1-14(2,9-19)16-12(20)10-7-11-13(15-8-10)23-6-5-18(11)24(21,22)17(3)4/h7-8,19H,5-6,9H2,1-4H3,(H,16,20). The second-order valence-corrected chi connectivity index (χ2v) is 8.32. The molecule has 2 N–H and O–H groups in total. The molecule has 10 heteroatoms. The smallest absolute Gasteiger partial charge is 0.303 e. The van der Waals surface area contributed by atoms with Crippen molar-refractivity contribution in [2.45, 2.75) is 19.4 Å². The molecular formula is C14H22N4O5S. The van der Waals surface area contributed by atoms with Gasteiger partial charge in [0.1, 0.15) is 12.3 Å². The van der Waals surface area contributed by atoms with Crippen LogP contribution in [0.15, 0.2) is 12.3 Å². The summed E-state index contributed by atoms with van der Waals surface area (Å²) in [4.78, 5) is 16.4. The zero-order valence-corrected chi connectivity index (χ0v) is 14.9. The van der Waals surface area contributed by atoms with Crippen molar-refractivity contribution in [2.75, 3.05) is 38.2 Å². The summed E-state index contributed by atoms with van der Waals surface area (Å²) >= 11 is 0. The molecule has 0 saturated carbocycles. The topological polar surface area (TPSA) is 112 Å². The van der Waals surface area contributed by atoms with Crippen LogP contribution in [-0.2, 0) is 10.2 Å². The molecule has 9 nitrogen and oxygen atoms in total. The van der Waals surface area contributed by atoms with Gasteiger partial charge in [0.15, 0.2) is 0 Å². The Hall–Kier alpha value is -1.91. The maximum Gasteiger partial charge on any atom is 0.303 e. The van der Waals surface area contributed by atoms with Crippen molar-refractivity contribution in [1.29, 1.82) is 0 Å². The molecule has 0 unspecified atom stereocenters. The van der Waals surface area contributed by atoms with Crippen molar-refractivity contribution in [1.82, 2.24) is 14.6 Å². The number of aromatic nitrogens is 1. The van der Waals surface area contributed by atoms with Crippen LogP contribution in [0.5, 0.6) is 5.88 Å². The lowest BCUT2D eigenvalue weighted by molar-refractivity contribution is 0.0869. The zero-order chi connectivity index (χ0) is 18.1. The maximum absolute atomic E-state index is 12.4. The number of hydrogen-bond acceptors (Lipinski definition) is 6. The molecule has 0 aliphatic carbocycles. The van der Waals surface area contributed by atoms with E-state index in [0.29, 0.717) is 0 Å². The van der Waals surface area contributed by atoms with Crippen LogP contribution in [-0.4, -0.2) is 68.1 Å². The number of aliphatic hydroxyl groups is 1. The van der Waals surface area contributed by atoms with E-state index in [-0.39, 0.29) is 36.9 Å². The summed E-state index contributed by atoms with van der Waals surface area (Å²) in [6, 6.07) is 1.42. The molecule has 134 valence electrons. The normalized spacial score (nSPS) is 15.0. The lowest BCUT2D eigenvalue weighted by atomic mass is 10.1. The third-order valence-electron chi connectivity index (χ3n) is 3.48. The number of aliphatic hydroxyl groups excluding tert-OH is 1. The van der Waals surface area contributed by atoms with E-state index >= 15 is 0 Å². The third kappa shape index (κ3) is 3.60. The van der Waals surface area contributed by atoms with Crippen molar-refractivity contribution in [3.05, 3.63) is 17.8 Å². The number of ether oxygens (including phenoxy) is 1. The number of pyridine rings is 1. The largest absolute Gasteiger partial charge is 0.474 e. The van der Waals surface area contributed by atoms with Gasteiger partial charge in [-0.1, -0.05) is 0 Å². The Morgan fingerprint density at radius 1 is 1.50 bits per heavy atom. The molecule has 0 radical (unpaired) electrons. The van der Waals surface area contributed by atoms with E-state index in [1.54, 1.807) is 13.8 Å². The first-order chi connectivity index (χ1) is 11.1. The molecule has 1 amide bonds. The molecule has 0 saturated heterocycles. The quantitative estimate of drug-likeness (QED) is 0.740. The van der Waals surface area contributed by atoms with Crippen LogP contribution in [0, 0.1) is 0 Å². The molecule has 1 aliphatic heterocycles. The minimum absolute atomic E-state index is 0.127. The van der Waals surface area contributed by atoms with Crippen LogP contribution in [0.4, 0.5) is 5.69 Å². The van der Waals surface area contributed by atoms with Gasteiger partial charge in [0.2, 0.25) is 5.88 Å². The van der Waals surface area contributed by atoms with Gasteiger partial charge in [0, 0.05) is 20.3 Å². The number of rotatable bonds is 5. The van der Waals surface area contributed by atoms with Crippen LogP contribution < -0.4 is 14.4 Å². The summed E-state index contributed by atoms with van der Waals surface area (Å²) in [7, 11) is -0.863. The number of amides is 1. The maximum atomic E-state index is 12.4. The van der Waals surface area contributed by atoms with Crippen molar-refractivity contribution < 1.29 is 23.1 Å². The van der Waals surface area contributed by atoms with Gasteiger partial charge < -0.3 is 15.2 Å². The molecule has 24 heavy (non-hydrogen) atoms. The van der Waals surface area contributed by atoms with Crippen LogP contribution in [0.3, 0.4) is 0 Å². The molecular weight excluding hydrogens is 336 g/mol. The molecule has 0 bridgehead atoms. The fraction of sp³-hybridized carbons (Fsp3) is 0.571. The second kappa shape index (κ2) is 6.54. The number of carbonyl (C=O) groups is 1. The number of anilines is 1. The fourth-order valence-electron chi connectivity index (χ4n) is 2.06. The van der Waals surface area contributed by atoms with Gasteiger partial charge >= 0.3 is 10.2 Å². The fourth-order valence-corrected chi connectivity index (χ4v) is 3.14. The van der Waals surface area contributed by atoms with E-state index < -0.39 is 21.7 Å². The Morgan fingerprint density at radius 2 is 2.17 bits per heavy atom. The Kier molecular flexibility index (Phi) is 5.02. The molecule has 1 aromatic rings. The minimum Gasteiger partial charge on any atom is -0.474 e. The molecule has 1 aromatic heterocycles. The van der Waals surface area contributed by atoms with E-state index in [4.69, 9.17) is 4.74 Å². The first-order valence-corrected chi connectivity index (χ1v) is 8.74. The number of fused-ring (bicyclic) bond motifs is 1. The molecule has 0 fully saturated rings. The number of carbonyl (C=O) groups excluding carboxylic acids is 1. The predicted octanol–water partition coefficient (Wildman–Crippen LogP) is -0.412. The average molecular weight is 358 g/mol. The van der Waals surface area contributed by atoms with Crippen molar-refractivity contribution >= 4 is 21.8 Å². The third-order valence-corrected chi connectivity index (χ3v) is 5.34. The van der Waals surface area contributed by atoms with Gasteiger partial charge in [0.25, 0.3) is 5.91 Å². The van der Waals surface area contributed by atoms with Crippen LogP contribution in [0.1, 0.15) is 24.2 Å². The van der Waals surface area contributed by atoms with E-state index in [0.717, 1.165) is 8.61 Å². The first-order valence-electron chi connectivity index (χ1n) is 7.35. The van der Waals surface area contributed by atoms with Crippen molar-refractivity contribution in [3.8, 4) is 5.88 Å². The summed E-state index contributed by atoms with van der Waals surface area (Å²) in [5, 5.41) is 11.9. The van der Waals surface area contributed by atoms with E-state index in [1.165, 1.54) is 26.4 Å². The van der Waals surface area contributed by atoms with Crippen molar-refractivity contribution in [3.63, 3.8) is 0 Å². The molecule has 0 atom stereocenters. The highest BCUT2D eigenvalue weighted by atomic mass is 32.2. The second-order valence-electron chi connectivity index (χ2n) is 6.26. The summed E-state index contributed by atoms with van der Waals surface area (Å²) in [6.07, 6.45) is 1.31. The summed E-state index contributed by atoms with van der Waals surface area (Å²) in [6.45, 7) is 3.41. The Bertz CT molecular complexity index is 733. The van der Waals surface area contributed by atoms with Gasteiger partial charge in [0.05, 0.1) is 24.3 Å². The van der Waals surface area contributed by atoms with Gasteiger partial charge in [-0.05, 0) is 19.9 Å². The Balaban J connectivity index is 2.40. The minimum atomic E-state index is -3.72. The highest BCUT2D eigenvalue weighted by molar-refractivity contribution is 7.90. The molecule has 2 rings (SSSR count). The highest BCUT2D eigenvalue weighted by Gasteiger charge is 2.32. The van der Waals surface area contributed by atoms with Crippen LogP contribution in [0.25, 0.3) is 0 Å². The Labute approximate surface area is 141 Å². The molecule has 0 aromatic carbocycles. The number of nitrogens with one attached hydrogen (secondary N) is 1. The number of nitrogens with zero attached hydrogens (tertiary/aromatic N) is 3. The molecule has 0 spiro atoms. The first kappa shape index (κ1) is 18.4. The Morgan fingerprint density at radius 3 is 2.75 bits per heavy atom. The molecule has 2 heterocycles. The summed E-state index contributed by atoms with van der Waals surface area (Å²) in [5.74, 6) is -0.304. The average Bonchev–Trinajstić information content (AvgIpc) is 2.53. The van der Waals surface area contributed by atoms with Crippen molar-refractivity contribution in [2.24, 2.45) is 0 Å². The lowest BCUT2D eigenvalue weighted by Crippen LogP contribution is -2.47. The summed E-state index contributed by atoms with van der Waals surface area (Å²) < 4.78 is 32.5. The van der Waals surface area contributed by atoms with E-state index in [1.807, 2.05) is 0 Å². The molecule has 1 aliphatic rings.